The van der Waals surface area contributed by atoms with Crippen LogP contribution in [0, 0.1) is 0 Å². The highest BCUT2D eigenvalue weighted by Crippen LogP contribution is 2.37. The fourth-order valence-electron chi connectivity index (χ4n) is 2.27. The number of carbonyl (C=O) groups excluding carboxylic acids is 2. The molecule has 0 saturated heterocycles. The van der Waals surface area contributed by atoms with Gasteiger partial charge in [0.15, 0.2) is 12.4 Å². The summed E-state index contributed by atoms with van der Waals surface area (Å²) in [6.07, 6.45) is -10.1. The number of alkyl halides is 6. The van der Waals surface area contributed by atoms with E-state index in [9.17, 15) is 35.9 Å². The molecule has 0 saturated carbocycles. The van der Waals surface area contributed by atoms with Crippen molar-refractivity contribution in [2.75, 3.05) is 11.9 Å². The van der Waals surface area contributed by atoms with Crippen molar-refractivity contribution in [3.8, 4) is 5.75 Å². The van der Waals surface area contributed by atoms with Crippen molar-refractivity contribution >= 4 is 29.0 Å². The van der Waals surface area contributed by atoms with E-state index in [-0.39, 0.29) is 22.4 Å². The molecule has 1 N–H and O–H groups in total. The van der Waals surface area contributed by atoms with E-state index in [1.807, 2.05) is 5.32 Å². The number of nitrogens with one attached hydrogen (secondary N) is 1. The Kier molecular flexibility index (Phi) is 6.46. The molecule has 11 heteroatoms. The normalized spacial score (nSPS) is 11.9. The van der Waals surface area contributed by atoms with Crippen molar-refractivity contribution in [2.45, 2.75) is 19.3 Å². The predicted octanol–water partition coefficient (Wildman–Crippen LogP) is 5.60. The van der Waals surface area contributed by atoms with Gasteiger partial charge in [-0.2, -0.15) is 26.3 Å². The number of benzene rings is 2. The Bertz CT molecular complexity index is 908. The van der Waals surface area contributed by atoms with E-state index in [1.165, 1.54) is 25.1 Å². The fraction of sp³-hybridized carbons (Fsp3) is 0.222. The lowest BCUT2D eigenvalue weighted by Gasteiger charge is -2.15. The highest BCUT2D eigenvalue weighted by atomic mass is 35.5. The van der Waals surface area contributed by atoms with Crippen molar-refractivity contribution in [3.05, 3.63) is 58.1 Å². The number of carbonyl (C=O) groups is 2. The maximum absolute atomic E-state index is 12.8. The van der Waals surface area contributed by atoms with Crippen LogP contribution in [0.2, 0.25) is 5.02 Å². The Balaban J connectivity index is 2.20. The van der Waals surface area contributed by atoms with Crippen molar-refractivity contribution in [3.63, 3.8) is 0 Å². The van der Waals surface area contributed by atoms with Gasteiger partial charge in [0.05, 0.1) is 16.7 Å². The fourth-order valence-corrected chi connectivity index (χ4v) is 2.44. The van der Waals surface area contributed by atoms with E-state index >= 15 is 0 Å². The Morgan fingerprint density at radius 1 is 0.966 bits per heavy atom. The molecule has 0 radical (unpaired) electrons. The molecule has 0 aliphatic carbocycles. The Hall–Kier alpha value is -2.75. The second-order valence-corrected chi connectivity index (χ2v) is 6.26. The van der Waals surface area contributed by atoms with E-state index in [0.29, 0.717) is 12.1 Å². The molecular weight excluding hydrogens is 428 g/mol. The minimum absolute atomic E-state index is 0.0166. The summed E-state index contributed by atoms with van der Waals surface area (Å²) in [5.74, 6) is -1.46. The second kappa shape index (κ2) is 8.32. The molecule has 29 heavy (non-hydrogen) atoms. The van der Waals surface area contributed by atoms with Crippen LogP contribution >= 0.6 is 11.6 Å². The first-order valence-corrected chi connectivity index (χ1v) is 8.18. The van der Waals surface area contributed by atoms with Gasteiger partial charge in [0.2, 0.25) is 0 Å². The lowest BCUT2D eigenvalue weighted by Crippen LogP contribution is -2.22. The first-order chi connectivity index (χ1) is 13.3. The molecule has 4 nitrogen and oxygen atoms in total. The number of ether oxygens (including phenoxy) is 1. The first kappa shape index (κ1) is 22.5. The molecule has 0 aliphatic heterocycles. The number of hydrogen-bond acceptors (Lipinski definition) is 3. The highest BCUT2D eigenvalue weighted by molar-refractivity contribution is 6.31. The zero-order valence-corrected chi connectivity index (χ0v) is 15.3. The minimum atomic E-state index is -5.04. The Morgan fingerprint density at radius 3 is 2.00 bits per heavy atom. The summed E-state index contributed by atoms with van der Waals surface area (Å²) in [5, 5.41) is 2.15. The van der Waals surface area contributed by atoms with Crippen LogP contribution in [0.3, 0.4) is 0 Å². The van der Waals surface area contributed by atoms with Crippen LogP contribution in [0.15, 0.2) is 36.4 Å². The third-order valence-corrected chi connectivity index (χ3v) is 3.79. The van der Waals surface area contributed by atoms with E-state index in [1.54, 1.807) is 0 Å². The third kappa shape index (κ3) is 6.11. The monoisotopic (exact) mass is 439 g/mol. The van der Waals surface area contributed by atoms with E-state index in [2.05, 4.69) is 0 Å². The zero-order valence-electron chi connectivity index (χ0n) is 14.5. The van der Waals surface area contributed by atoms with Crippen LogP contribution in [0.5, 0.6) is 5.75 Å². The van der Waals surface area contributed by atoms with Crippen molar-refractivity contribution in [1.29, 1.82) is 0 Å². The number of anilines is 1. The summed E-state index contributed by atoms with van der Waals surface area (Å²) < 4.78 is 82.2. The Morgan fingerprint density at radius 2 is 1.52 bits per heavy atom. The molecule has 0 aromatic heterocycles. The average Bonchev–Trinajstić information content (AvgIpc) is 2.58. The topological polar surface area (TPSA) is 55.4 Å². The summed E-state index contributed by atoms with van der Waals surface area (Å²) >= 11 is 5.76. The van der Waals surface area contributed by atoms with Crippen LogP contribution in [0.25, 0.3) is 0 Å². The molecule has 156 valence electrons. The summed E-state index contributed by atoms with van der Waals surface area (Å²) in [5.41, 5.74) is -3.78. The molecule has 1 amide bonds. The van der Waals surface area contributed by atoms with Crippen LogP contribution in [0.4, 0.5) is 32.0 Å². The van der Waals surface area contributed by atoms with E-state index < -0.39 is 47.5 Å². The van der Waals surface area contributed by atoms with Gasteiger partial charge in [-0.25, -0.2) is 0 Å². The van der Waals surface area contributed by atoms with Crippen LogP contribution < -0.4 is 10.1 Å². The van der Waals surface area contributed by atoms with Gasteiger partial charge < -0.3 is 10.1 Å². The molecule has 0 bridgehead atoms. The maximum Gasteiger partial charge on any atom is 0.416 e. The third-order valence-electron chi connectivity index (χ3n) is 3.55. The van der Waals surface area contributed by atoms with Gasteiger partial charge in [-0.05, 0) is 43.3 Å². The maximum atomic E-state index is 12.8. The zero-order chi connectivity index (χ0) is 22.0. The Labute approximate surface area is 165 Å². The smallest absolute Gasteiger partial charge is 0.416 e. The van der Waals surface area contributed by atoms with E-state index in [0.717, 1.165) is 0 Å². The number of rotatable bonds is 5. The molecule has 2 rings (SSSR count). The van der Waals surface area contributed by atoms with Crippen molar-refractivity contribution in [1.82, 2.24) is 0 Å². The number of ketones is 1. The summed E-state index contributed by atoms with van der Waals surface area (Å²) in [6.45, 7) is 0.458. The lowest BCUT2D eigenvalue weighted by atomic mass is 10.1. The summed E-state index contributed by atoms with van der Waals surface area (Å²) in [7, 11) is 0. The predicted molar refractivity (Wildman–Crippen MR) is 92.0 cm³/mol. The van der Waals surface area contributed by atoms with Crippen molar-refractivity contribution in [2.24, 2.45) is 0 Å². The molecule has 0 unspecified atom stereocenters. The van der Waals surface area contributed by atoms with Gasteiger partial charge in [0.25, 0.3) is 5.91 Å². The molecule has 0 fully saturated rings. The number of halogens is 7. The SMILES string of the molecule is CC(=O)c1cc(Cl)ccc1OCC(=O)Nc1cc(C(F)(F)F)cc(C(F)(F)F)c1. The van der Waals surface area contributed by atoms with Crippen molar-refractivity contribution < 1.29 is 40.7 Å². The number of amides is 1. The second-order valence-electron chi connectivity index (χ2n) is 5.83. The average molecular weight is 440 g/mol. The molecule has 2 aromatic carbocycles. The molecule has 0 atom stereocenters. The molecule has 0 aliphatic rings. The quantitative estimate of drug-likeness (QED) is 0.487. The summed E-state index contributed by atoms with van der Waals surface area (Å²) in [6, 6.07) is 4.66. The lowest BCUT2D eigenvalue weighted by molar-refractivity contribution is -0.143. The van der Waals surface area contributed by atoms with E-state index in [4.69, 9.17) is 16.3 Å². The van der Waals surface area contributed by atoms with Gasteiger partial charge >= 0.3 is 12.4 Å². The van der Waals surface area contributed by atoms with Gasteiger partial charge in [-0.3, -0.25) is 9.59 Å². The summed E-state index contributed by atoms with van der Waals surface area (Å²) in [4.78, 5) is 23.5. The van der Waals surface area contributed by atoms with Gasteiger partial charge in [0.1, 0.15) is 5.75 Å². The van der Waals surface area contributed by atoms with Crippen LogP contribution in [-0.4, -0.2) is 18.3 Å². The standard InChI is InChI=1S/C18H12ClF6NO3/c1-9(27)14-7-12(19)2-3-15(14)29-8-16(28)26-13-5-10(17(20,21)22)4-11(6-13)18(23,24)25/h2-7H,8H2,1H3,(H,26,28). The van der Waals surface area contributed by atoms with Gasteiger partial charge in [0, 0.05) is 10.7 Å². The molecule has 0 heterocycles. The van der Waals surface area contributed by atoms with Crippen LogP contribution in [-0.2, 0) is 17.1 Å². The highest BCUT2D eigenvalue weighted by Gasteiger charge is 2.37. The first-order valence-electron chi connectivity index (χ1n) is 7.80. The molecular formula is C18H12ClF6NO3. The largest absolute Gasteiger partial charge is 0.483 e. The van der Waals surface area contributed by atoms with Gasteiger partial charge in [-0.15, -0.1) is 0 Å². The molecule has 0 spiro atoms. The number of Topliss-reactive ketones (excluding diaryl/α,β-unsaturated/α-hetero) is 1. The van der Waals surface area contributed by atoms with Crippen LogP contribution in [0.1, 0.15) is 28.4 Å². The number of hydrogen-bond donors (Lipinski definition) is 1. The minimum Gasteiger partial charge on any atom is -0.483 e. The van der Waals surface area contributed by atoms with Gasteiger partial charge in [-0.1, -0.05) is 11.6 Å². The molecule has 2 aromatic rings.